The Morgan fingerprint density at radius 3 is 2.78 bits per heavy atom. The number of benzene rings is 1. The molecule has 27 heavy (non-hydrogen) atoms. The van der Waals surface area contributed by atoms with Crippen molar-refractivity contribution in [1.29, 1.82) is 0 Å². The van der Waals surface area contributed by atoms with Crippen molar-refractivity contribution < 1.29 is 9.18 Å². The molecule has 1 amide bonds. The fraction of sp³-hybridized carbons (Fsp3) is 0.294. The van der Waals surface area contributed by atoms with E-state index in [1.54, 1.807) is 35.7 Å². The van der Waals surface area contributed by atoms with Crippen LogP contribution in [-0.2, 0) is 17.1 Å². The van der Waals surface area contributed by atoms with E-state index in [0.717, 1.165) is 25.9 Å². The van der Waals surface area contributed by atoms with Gasteiger partial charge in [0, 0.05) is 31.1 Å². The molecule has 10 heteroatoms. The predicted octanol–water partition coefficient (Wildman–Crippen LogP) is 4.41. The van der Waals surface area contributed by atoms with Crippen LogP contribution in [0.15, 0.2) is 34.0 Å². The molecule has 1 N–H and O–H groups in total. The smallest absolute Gasteiger partial charge is 0.225 e. The first-order valence-electron chi connectivity index (χ1n) is 8.22. The van der Waals surface area contributed by atoms with Crippen LogP contribution in [0.25, 0.3) is 0 Å². The first-order chi connectivity index (χ1) is 13.0. The van der Waals surface area contributed by atoms with Gasteiger partial charge >= 0.3 is 0 Å². The van der Waals surface area contributed by atoms with E-state index >= 15 is 0 Å². The number of hydrogen-bond donors (Lipinski definition) is 1. The number of carbonyl (C=O) groups excluding carboxylic acids is 1. The highest BCUT2D eigenvalue weighted by molar-refractivity contribution is 8.00. The molecule has 2 heterocycles. The van der Waals surface area contributed by atoms with E-state index in [2.05, 4.69) is 20.5 Å². The van der Waals surface area contributed by atoms with Crippen LogP contribution < -0.4 is 10.2 Å². The van der Waals surface area contributed by atoms with Crippen molar-refractivity contribution in [2.24, 2.45) is 0 Å². The maximum absolute atomic E-state index is 12.9. The van der Waals surface area contributed by atoms with E-state index in [-0.39, 0.29) is 11.7 Å². The molecule has 0 saturated carbocycles. The van der Waals surface area contributed by atoms with Gasteiger partial charge in [-0.15, -0.1) is 21.5 Å². The zero-order chi connectivity index (χ0) is 19.2. The summed E-state index contributed by atoms with van der Waals surface area (Å²) in [5, 5.41) is 14.9. The second kappa shape index (κ2) is 9.25. The molecule has 3 rings (SSSR count). The number of thiazole rings is 1. The highest BCUT2D eigenvalue weighted by atomic mass is 32.2. The fourth-order valence-corrected chi connectivity index (χ4v) is 4.91. The summed E-state index contributed by atoms with van der Waals surface area (Å²) in [5.74, 6) is 0.411. The fourth-order valence-electron chi connectivity index (χ4n) is 2.23. The number of anilines is 2. The van der Waals surface area contributed by atoms with Crippen molar-refractivity contribution in [3.05, 3.63) is 46.7 Å². The van der Waals surface area contributed by atoms with Crippen molar-refractivity contribution in [2.75, 3.05) is 16.8 Å². The van der Waals surface area contributed by atoms with Crippen LogP contribution in [0.5, 0.6) is 0 Å². The van der Waals surface area contributed by atoms with Gasteiger partial charge in [-0.25, -0.2) is 9.37 Å². The largest absolute Gasteiger partial charge is 0.356 e. The zero-order valence-electron chi connectivity index (χ0n) is 14.8. The molecule has 0 bridgehead atoms. The SMILES string of the molecule is CCN(C(C)=O)c1nc(CSc2nnc(NCc3ccc(F)cc3)s2)cs1. The van der Waals surface area contributed by atoms with Crippen molar-refractivity contribution in [3.8, 4) is 0 Å². The van der Waals surface area contributed by atoms with E-state index in [9.17, 15) is 9.18 Å². The van der Waals surface area contributed by atoms with Gasteiger partial charge in [-0.1, -0.05) is 35.2 Å². The Morgan fingerprint density at radius 1 is 1.30 bits per heavy atom. The summed E-state index contributed by atoms with van der Waals surface area (Å²) in [7, 11) is 0. The van der Waals surface area contributed by atoms with Crippen molar-refractivity contribution >= 4 is 50.6 Å². The van der Waals surface area contributed by atoms with E-state index in [4.69, 9.17) is 0 Å². The highest BCUT2D eigenvalue weighted by Gasteiger charge is 2.14. The number of amides is 1. The molecule has 0 saturated heterocycles. The first kappa shape index (κ1) is 19.7. The number of halogens is 1. The third-order valence-corrected chi connectivity index (χ3v) is 6.53. The van der Waals surface area contributed by atoms with Crippen LogP contribution in [0, 0.1) is 5.82 Å². The van der Waals surface area contributed by atoms with Crippen molar-refractivity contribution in [3.63, 3.8) is 0 Å². The summed E-state index contributed by atoms with van der Waals surface area (Å²) in [6.45, 7) is 4.64. The second-order valence-electron chi connectivity index (χ2n) is 5.53. The van der Waals surface area contributed by atoms with Gasteiger partial charge in [0.25, 0.3) is 0 Å². The van der Waals surface area contributed by atoms with Crippen molar-refractivity contribution in [2.45, 2.75) is 30.5 Å². The van der Waals surface area contributed by atoms with E-state index in [0.29, 0.717) is 18.8 Å². The lowest BCUT2D eigenvalue weighted by atomic mass is 10.2. The summed E-state index contributed by atoms with van der Waals surface area (Å²) in [6.07, 6.45) is 0. The average molecular weight is 424 g/mol. The lowest BCUT2D eigenvalue weighted by Gasteiger charge is -2.14. The Labute approximate surface area is 168 Å². The van der Waals surface area contributed by atoms with Crippen LogP contribution in [0.3, 0.4) is 0 Å². The molecule has 2 aromatic heterocycles. The summed E-state index contributed by atoms with van der Waals surface area (Å²) in [5.41, 5.74) is 1.89. The first-order valence-corrected chi connectivity index (χ1v) is 10.9. The number of rotatable bonds is 8. The normalized spacial score (nSPS) is 10.8. The van der Waals surface area contributed by atoms with Gasteiger partial charge in [-0.3, -0.25) is 9.69 Å². The lowest BCUT2D eigenvalue weighted by molar-refractivity contribution is -0.116. The maximum atomic E-state index is 12.9. The molecule has 3 aromatic rings. The standard InChI is InChI=1S/C17H18FN5OS3/c1-3-23(11(2)24)16-20-14(9-25-16)10-26-17-22-21-15(27-17)19-8-12-4-6-13(18)7-5-12/h4-7,9H,3,8,10H2,1-2H3,(H,19,21). The topological polar surface area (TPSA) is 71.0 Å². The minimum atomic E-state index is -0.246. The summed E-state index contributed by atoms with van der Waals surface area (Å²) in [4.78, 5) is 17.8. The van der Waals surface area contributed by atoms with E-state index in [1.807, 2.05) is 12.3 Å². The third kappa shape index (κ3) is 5.47. The molecule has 0 aliphatic carbocycles. The van der Waals surface area contributed by atoms with Crippen LogP contribution in [0.4, 0.5) is 14.7 Å². The molecule has 0 radical (unpaired) electrons. The third-order valence-electron chi connectivity index (χ3n) is 3.57. The Bertz CT molecular complexity index is 896. The number of carbonyl (C=O) groups is 1. The minimum Gasteiger partial charge on any atom is -0.356 e. The summed E-state index contributed by atoms with van der Waals surface area (Å²) >= 11 is 4.49. The Morgan fingerprint density at radius 2 is 2.07 bits per heavy atom. The number of nitrogens with one attached hydrogen (secondary N) is 1. The lowest BCUT2D eigenvalue weighted by Crippen LogP contribution is -2.27. The van der Waals surface area contributed by atoms with E-state index < -0.39 is 0 Å². The van der Waals surface area contributed by atoms with Gasteiger partial charge in [0.1, 0.15) is 5.82 Å². The molecule has 6 nitrogen and oxygen atoms in total. The Balaban J connectivity index is 1.51. The quantitative estimate of drug-likeness (QED) is 0.541. The van der Waals surface area contributed by atoms with Gasteiger partial charge in [-0.2, -0.15) is 0 Å². The van der Waals surface area contributed by atoms with Gasteiger partial charge in [-0.05, 0) is 24.6 Å². The minimum absolute atomic E-state index is 0.00736. The molecule has 0 aliphatic heterocycles. The highest BCUT2D eigenvalue weighted by Crippen LogP contribution is 2.30. The monoisotopic (exact) mass is 423 g/mol. The van der Waals surface area contributed by atoms with Gasteiger partial charge in [0.05, 0.1) is 5.69 Å². The zero-order valence-corrected chi connectivity index (χ0v) is 17.3. The Kier molecular flexibility index (Phi) is 6.75. The molecule has 0 fully saturated rings. The average Bonchev–Trinajstić information content (AvgIpc) is 3.29. The number of thioether (sulfide) groups is 1. The van der Waals surface area contributed by atoms with Crippen LogP contribution in [-0.4, -0.2) is 27.6 Å². The molecular formula is C17H18FN5OS3. The van der Waals surface area contributed by atoms with Gasteiger partial charge < -0.3 is 5.32 Å². The number of nitrogens with zero attached hydrogens (tertiary/aromatic N) is 4. The summed E-state index contributed by atoms with van der Waals surface area (Å²) in [6, 6.07) is 6.34. The molecule has 1 aromatic carbocycles. The second-order valence-corrected chi connectivity index (χ2v) is 8.56. The predicted molar refractivity (Wildman–Crippen MR) is 109 cm³/mol. The molecular weight excluding hydrogens is 405 g/mol. The number of hydrogen-bond acceptors (Lipinski definition) is 8. The van der Waals surface area contributed by atoms with Gasteiger partial charge in [0.2, 0.25) is 11.0 Å². The molecule has 0 aliphatic rings. The molecule has 0 unspecified atom stereocenters. The van der Waals surface area contributed by atoms with E-state index in [1.165, 1.54) is 34.8 Å². The van der Waals surface area contributed by atoms with Crippen LogP contribution >= 0.6 is 34.4 Å². The summed E-state index contributed by atoms with van der Waals surface area (Å²) < 4.78 is 13.8. The maximum Gasteiger partial charge on any atom is 0.225 e. The Hall–Kier alpha value is -2.04. The molecule has 0 spiro atoms. The van der Waals surface area contributed by atoms with Crippen molar-refractivity contribution in [1.82, 2.24) is 15.2 Å². The van der Waals surface area contributed by atoms with Crippen LogP contribution in [0.1, 0.15) is 25.1 Å². The molecule has 142 valence electrons. The number of aromatic nitrogens is 3. The van der Waals surface area contributed by atoms with Crippen LogP contribution in [0.2, 0.25) is 0 Å². The molecule has 0 atom stereocenters. The van der Waals surface area contributed by atoms with Gasteiger partial charge in [0.15, 0.2) is 9.47 Å².